The average molecular weight is 2010 g/mol. The van der Waals surface area contributed by atoms with Crippen LogP contribution in [0.4, 0.5) is 63.6 Å². The van der Waals surface area contributed by atoms with Gasteiger partial charge in [0.2, 0.25) is 10.2 Å². The third kappa shape index (κ3) is 30.9. The van der Waals surface area contributed by atoms with E-state index in [1.54, 1.807) is 126 Å². The molecule has 14 rings (SSSR count). The lowest BCUT2D eigenvalue weighted by Gasteiger charge is -2.13. The maximum Gasteiger partial charge on any atom is 0.316 e. The van der Waals surface area contributed by atoms with Gasteiger partial charge in [0.1, 0.15) is 94.8 Å². The second-order valence-electron chi connectivity index (χ2n) is 24.5. The van der Waals surface area contributed by atoms with Crippen molar-refractivity contribution < 1.29 is 85.5 Å². The van der Waals surface area contributed by atoms with Crippen LogP contribution < -0.4 is 51.6 Å². The van der Waals surface area contributed by atoms with E-state index in [9.17, 15) is 41.5 Å². The van der Waals surface area contributed by atoms with Gasteiger partial charge in [-0.3, -0.25) is 29.2 Å². The van der Waals surface area contributed by atoms with E-state index in [2.05, 4.69) is 107 Å². The second kappa shape index (κ2) is 53.3. The number of methoxy groups -OCH3 is 4. The summed E-state index contributed by atoms with van der Waals surface area (Å²) in [5.41, 5.74) is 7.85. The molecule has 0 radical (unpaired) electrons. The Labute approximate surface area is 777 Å². The highest BCUT2D eigenvalue weighted by atomic mass is 127. The van der Waals surface area contributed by atoms with E-state index < -0.39 is 29.2 Å². The Morgan fingerprint density at radius 1 is 0.425 bits per heavy atom. The Morgan fingerprint density at radius 2 is 0.740 bits per heavy atom. The molecular formula is C86H79Cl4F4IN14O14S4. The molecule has 0 aliphatic heterocycles. The minimum absolute atomic E-state index is 0.00237. The number of nitrogens with one attached hydrogen (secondary N) is 5. The first-order valence-electron chi connectivity index (χ1n) is 36.9. The number of thioether (sulfide) groups is 3. The van der Waals surface area contributed by atoms with Crippen molar-refractivity contribution in [3.63, 3.8) is 0 Å². The van der Waals surface area contributed by atoms with Crippen molar-refractivity contribution in [2.24, 2.45) is 5.90 Å². The van der Waals surface area contributed by atoms with Crippen LogP contribution in [0.25, 0.3) is 43.6 Å². The fourth-order valence-corrected chi connectivity index (χ4v) is 14.6. The molecule has 4 heterocycles. The van der Waals surface area contributed by atoms with Crippen molar-refractivity contribution in [1.29, 1.82) is 0 Å². The van der Waals surface area contributed by atoms with Gasteiger partial charge >= 0.3 is 11.9 Å². The molecule has 0 aliphatic carbocycles. The van der Waals surface area contributed by atoms with Crippen molar-refractivity contribution in [3.8, 4) is 23.0 Å². The quantitative estimate of drug-likeness (QED) is 0.00511. The van der Waals surface area contributed by atoms with E-state index >= 15 is 0 Å². The Balaban J connectivity index is 0.000000217. The topological polar surface area (TPSA) is 391 Å². The number of hydrogen-bond donors (Lipinski definition) is 10. The number of aromatic nitrogens is 8. The van der Waals surface area contributed by atoms with Gasteiger partial charge in [0, 0.05) is 93.2 Å². The zero-order valence-corrected chi connectivity index (χ0v) is 76.8. The first-order valence-corrected chi connectivity index (χ1v) is 42.7. The Hall–Kier alpha value is -11.4. The summed E-state index contributed by atoms with van der Waals surface area (Å²) in [7, 11) is 7.22. The number of benzene rings is 10. The van der Waals surface area contributed by atoms with Gasteiger partial charge in [0.05, 0.1) is 114 Å². The zero-order valence-electron chi connectivity index (χ0n) is 68.2. The van der Waals surface area contributed by atoms with E-state index in [0.29, 0.717) is 131 Å². The van der Waals surface area contributed by atoms with Crippen molar-refractivity contribution in [1.82, 2.24) is 45.4 Å². The van der Waals surface area contributed by atoms with Crippen molar-refractivity contribution >= 4 is 235 Å². The molecule has 10 N–H and O–H groups in total. The standard InChI is InChI=1S/C22H15ClFN3O2S.C19H17ClFN3O3S.C17H14ClFN4O3S.C15H10ClFIN3O.C7H6OS.C5H10O2.CH4O.H3NO/c1-29-19-11-18-15(10-20(19)30-22(28)13-5-3-2-4-6-13)21(26-12-25-18)27-14-7-8-17(24)16(23)9-14;1-3-27-18(25)9-28-17-7-12-15(8-16(17)26-2)22-10-23-19(12)24-11-4-5-14(21)13(20)6-11;1-26-14-6-13-10(5-15(14)27-7-16(24)23-25)17(21-8-20-13)22-9-2-3-12(19)11(18)4-9;1-22-14-6-13-9(5-12(14)18)15(20-7-19-13)21-8-2-3-11(17)10(16)4-8;8-7(9)6-4-2-1-3-5-6;1-3-5(6)7-4-2;2*1-2/h2-12H,1H3,(H,25,26,27);4-8,10H,3,9H2,1-2H3,(H,22,23,24);2-6,8,25H,7H2,1H3,(H,23,24)(H,20,21,22);2-7H,1H3,(H,19,20,21);1-5H,(H,8,9);3-4H2,1-2H3;2H,1H3;2H,1H2. The van der Waals surface area contributed by atoms with Crippen molar-refractivity contribution in [3.05, 3.63) is 265 Å². The number of aliphatic hydroxyl groups is 1. The number of ether oxygens (including phenoxy) is 6. The SMILES string of the molecule is CCOC(=O)CC.CCOC(=O)CSc1cc2c(Nc3ccc(F)c(Cl)c3)ncnc2cc1OC.CO.COc1cc2ncnc(Nc3ccc(F)c(Cl)c3)c2cc1I.COc1cc2ncnc(Nc3ccc(F)c(Cl)c3)c2cc1SC(=O)c1ccccc1.COc1cc2ncnc(Nc3ccc(F)c(Cl)c3)c2cc1SCC(=O)NO.NO.O=C(S)c1ccccc1. The fraction of sp³-hybridized carbons (Fsp3) is 0.151. The van der Waals surface area contributed by atoms with Crippen LogP contribution in [0.5, 0.6) is 23.0 Å². The van der Waals surface area contributed by atoms with E-state index in [4.69, 9.17) is 85.6 Å². The van der Waals surface area contributed by atoms with Crippen molar-refractivity contribution in [2.75, 3.05) is 81.5 Å². The first kappa shape index (κ1) is 103. The second-order valence-corrected chi connectivity index (χ2v) is 30.7. The van der Waals surface area contributed by atoms with E-state index in [1.165, 1.54) is 104 Å². The fourth-order valence-electron chi connectivity index (χ4n) is 10.5. The van der Waals surface area contributed by atoms with Crippen LogP contribution in [0.1, 0.15) is 47.9 Å². The van der Waals surface area contributed by atoms with Gasteiger partial charge in [-0.25, -0.2) is 68.8 Å². The molecule has 0 fully saturated rings. The summed E-state index contributed by atoms with van der Waals surface area (Å²) in [5, 5.41) is 37.3. The number of amides is 1. The smallest absolute Gasteiger partial charge is 0.316 e. The zero-order chi connectivity index (χ0) is 92.7. The molecule has 0 bridgehead atoms. The van der Waals surface area contributed by atoms with Gasteiger partial charge in [-0.05, 0) is 145 Å². The number of nitrogens with two attached hydrogens (primary N) is 1. The van der Waals surface area contributed by atoms with Crippen molar-refractivity contribution in [2.45, 2.75) is 41.9 Å². The minimum Gasteiger partial charge on any atom is -0.496 e. The average Bonchev–Trinajstić information content (AvgIpc) is 0.809. The predicted molar refractivity (Wildman–Crippen MR) is 501 cm³/mol. The molecule has 0 saturated carbocycles. The number of hydroxylamine groups is 1. The Bertz CT molecular complexity index is 6100. The summed E-state index contributed by atoms with van der Waals surface area (Å²) in [6.45, 7) is 6.16. The summed E-state index contributed by atoms with van der Waals surface area (Å²) >= 11 is 32.7. The number of thiol groups is 1. The number of fused-ring (bicyclic) bond motifs is 4. The molecule has 4 aromatic heterocycles. The molecule has 14 aromatic rings. The minimum atomic E-state index is -0.536. The normalized spacial score (nSPS) is 10.2. The summed E-state index contributed by atoms with van der Waals surface area (Å²) in [6.07, 6.45) is 6.16. The van der Waals surface area contributed by atoms with Crippen LogP contribution in [0, 0.1) is 26.8 Å². The van der Waals surface area contributed by atoms with Crippen LogP contribution in [-0.2, 0) is 23.9 Å². The van der Waals surface area contributed by atoms with E-state index in [0.717, 1.165) is 49.4 Å². The van der Waals surface area contributed by atoms with Crippen LogP contribution in [-0.4, -0.2) is 144 Å². The maximum absolute atomic E-state index is 13.5. The molecule has 28 nitrogen and oxygen atoms in total. The number of nitrogens with zero attached hydrogens (tertiary/aromatic N) is 8. The summed E-state index contributed by atoms with van der Waals surface area (Å²) in [4.78, 5) is 92.5. The van der Waals surface area contributed by atoms with Gasteiger partial charge in [-0.15, -0.1) is 36.2 Å². The molecule has 0 atom stereocenters. The lowest BCUT2D eigenvalue weighted by molar-refractivity contribution is -0.143. The molecule has 664 valence electrons. The summed E-state index contributed by atoms with van der Waals surface area (Å²) in [6, 6.07) is 49.7. The molecule has 0 spiro atoms. The van der Waals surface area contributed by atoms with Crippen LogP contribution in [0.15, 0.2) is 222 Å². The summed E-state index contributed by atoms with van der Waals surface area (Å²) < 4.78 is 85.4. The monoisotopic (exact) mass is 2000 g/mol. The number of esters is 2. The van der Waals surface area contributed by atoms with Gasteiger partial charge in [0.15, 0.2) is 0 Å². The Morgan fingerprint density at radius 3 is 1.05 bits per heavy atom. The van der Waals surface area contributed by atoms with Gasteiger partial charge in [0.25, 0.3) is 5.91 Å². The number of carbonyl (C=O) groups excluding carboxylic acids is 5. The third-order valence-electron chi connectivity index (χ3n) is 16.4. The molecule has 10 aromatic carbocycles. The number of anilines is 8. The third-order valence-corrected chi connectivity index (χ3v) is 21.6. The molecule has 41 heteroatoms. The predicted octanol–water partition coefficient (Wildman–Crippen LogP) is 21.1. The van der Waals surface area contributed by atoms with Gasteiger partial charge < -0.3 is 60.0 Å². The molecule has 127 heavy (non-hydrogen) atoms. The molecule has 0 unspecified atom stereocenters. The number of hydrogen-bond acceptors (Lipinski definition) is 30. The van der Waals surface area contributed by atoms with Crippen LogP contribution >= 0.6 is 117 Å². The van der Waals surface area contributed by atoms with Gasteiger partial charge in [-0.1, -0.05) is 114 Å². The number of rotatable bonds is 24. The van der Waals surface area contributed by atoms with E-state index in [-0.39, 0.29) is 53.8 Å². The summed E-state index contributed by atoms with van der Waals surface area (Å²) in [5.74, 6) is 5.26. The van der Waals surface area contributed by atoms with Gasteiger partial charge in [-0.2, -0.15) is 0 Å². The molecular weight excluding hydrogens is 1930 g/mol. The van der Waals surface area contributed by atoms with E-state index in [1.807, 2.05) is 54.6 Å². The molecule has 0 saturated heterocycles. The number of aliphatic hydroxyl groups excluding tert-OH is 1. The molecule has 1 amide bonds. The highest BCUT2D eigenvalue weighted by Crippen LogP contribution is 2.41. The lowest BCUT2D eigenvalue weighted by atomic mass is 10.2. The number of halogens is 9. The molecule has 0 aliphatic rings. The highest BCUT2D eigenvalue weighted by Gasteiger charge is 2.20. The first-order chi connectivity index (χ1) is 61.3. The Kier molecular flexibility index (Phi) is 43.0. The lowest BCUT2D eigenvalue weighted by Crippen LogP contribution is -2.20. The number of carbonyl (C=O) groups is 5. The van der Waals surface area contributed by atoms with Crippen LogP contribution in [0.2, 0.25) is 20.1 Å². The highest BCUT2D eigenvalue weighted by molar-refractivity contribution is 14.1. The largest absolute Gasteiger partial charge is 0.496 e. The maximum atomic E-state index is 13.5. The van der Waals surface area contributed by atoms with Crippen LogP contribution in [0.3, 0.4) is 0 Å².